The maximum atomic E-state index is 12.9. The van der Waals surface area contributed by atoms with E-state index in [2.05, 4.69) is 0 Å². The molecule has 150 valence electrons. The standard InChI is InChI=1S/C24H19NO5/c1-14-5-4-6-15(13-14)29-11-12-30-24(28)19-10-9-18-20(21(19)25)23(27)17-8-3-2-7-16(17)22(18)26/h2-10,13H,11-12,25H2,1H3. The monoisotopic (exact) mass is 401 g/mol. The Morgan fingerprint density at radius 2 is 1.60 bits per heavy atom. The average molecular weight is 401 g/mol. The van der Waals surface area contributed by atoms with Gasteiger partial charge in [-0.2, -0.15) is 0 Å². The van der Waals surface area contributed by atoms with Crippen molar-refractivity contribution in [3.8, 4) is 5.75 Å². The van der Waals surface area contributed by atoms with Gasteiger partial charge in [0, 0.05) is 16.7 Å². The maximum Gasteiger partial charge on any atom is 0.340 e. The lowest BCUT2D eigenvalue weighted by Crippen LogP contribution is -2.24. The van der Waals surface area contributed by atoms with Crippen LogP contribution < -0.4 is 10.5 Å². The van der Waals surface area contributed by atoms with Crippen molar-refractivity contribution in [3.63, 3.8) is 0 Å². The Labute approximate surface area is 173 Å². The van der Waals surface area contributed by atoms with Crippen LogP contribution in [0.2, 0.25) is 0 Å². The molecule has 0 spiro atoms. The number of hydrogen-bond donors (Lipinski definition) is 1. The minimum Gasteiger partial charge on any atom is -0.490 e. The Bertz CT molecular complexity index is 1180. The van der Waals surface area contributed by atoms with Gasteiger partial charge in [0.15, 0.2) is 11.6 Å². The normalized spacial score (nSPS) is 12.2. The van der Waals surface area contributed by atoms with Gasteiger partial charge in [0.1, 0.15) is 19.0 Å². The molecule has 0 heterocycles. The van der Waals surface area contributed by atoms with Crippen LogP contribution in [0.25, 0.3) is 0 Å². The number of nitrogen functional groups attached to an aromatic ring is 1. The van der Waals surface area contributed by atoms with Crippen molar-refractivity contribution in [2.75, 3.05) is 18.9 Å². The lowest BCUT2D eigenvalue weighted by molar-refractivity contribution is 0.0451. The lowest BCUT2D eigenvalue weighted by atomic mass is 9.82. The molecule has 0 saturated carbocycles. The zero-order valence-electron chi connectivity index (χ0n) is 16.3. The first-order valence-electron chi connectivity index (χ1n) is 9.45. The van der Waals surface area contributed by atoms with Crippen LogP contribution in [-0.4, -0.2) is 30.7 Å². The highest BCUT2D eigenvalue weighted by Crippen LogP contribution is 2.32. The molecule has 0 aromatic heterocycles. The summed E-state index contributed by atoms with van der Waals surface area (Å²) in [5.74, 6) is -0.669. The third-order valence-electron chi connectivity index (χ3n) is 4.93. The summed E-state index contributed by atoms with van der Waals surface area (Å²) in [4.78, 5) is 38.1. The summed E-state index contributed by atoms with van der Waals surface area (Å²) in [5.41, 5.74) is 8.02. The maximum absolute atomic E-state index is 12.9. The van der Waals surface area contributed by atoms with Gasteiger partial charge >= 0.3 is 5.97 Å². The molecule has 0 amide bonds. The molecule has 0 aliphatic heterocycles. The quantitative estimate of drug-likeness (QED) is 0.312. The SMILES string of the molecule is Cc1cccc(OCCOC(=O)c2ccc3c(c2N)C(=O)c2ccccc2C3=O)c1. The van der Waals surface area contributed by atoms with E-state index in [0.29, 0.717) is 11.3 Å². The minimum absolute atomic E-state index is 0.0129. The molecule has 0 atom stereocenters. The fourth-order valence-electron chi connectivity index (χ4n) is 3.47. The molecule has 6 nitrogen and oxygen atoms in total. The number of nitrogens with two attached hydrogens (primary N) is 1. The molecule has 30 heavy (non-hydrogen) atoms. The first-order valence-corrected chi connectivity index (χ1v) is 9.45. The zero-order valence-corrected chi connectivity index (χ0v) is 16.3. The molecule has 0 saturated heterocycles. The van der Waals surface area contributed by atoms with Crippen LogP contribution in [0.15, 0.2) is 60.7 Å². The van der Waals surface area contributed by atoms with Crippen LogP contribution in [-0.2, 0) is 4.74 Å². The van der Waals surface area contributed by atoms with E-state index in [4.69, 9.17) is 15.2 Å². The molecule has 1 aliphatic carbocycles. The molecular formula is C24H19NO5. The number of aryl methyl sites for hydroxylation is 1. The number of ether oxygens (including phenoxy) is 2. The smallest absolute Gasteiger partial charge is 0.340 e. The van der Waals surface area contributed by atoms with E-state index >= 15 is 0 Å². The number of carbonyl (C=O) groups excluding carboxylic acids is 3. The fourth-order valence-corrected chi connectivity index (χ4v) is 3.47. The van der Waals surface area contributed by atoms with E-state index in [-0.39, 0.29) is 52.7 Å². The van der Waals surface area contributed by atoms with E-state index in [9.17, 15) is 14.4 Å². The fraction of sp³-hybridized carbons (Fsp3) is 0.125. The van der Waals surface area contributed by atoms with E-state index in [1.54, 1.807) is 24.3 Å². The second kappa shape index (κ2) is 7.83. The molecule has 2 N–H and O–H groups in total. The minimum atomic E-state index is -0.678. The summed E-state index contributed by atoms with van der Waals surface area (Å²) >= 11 is 0. The van der Waals surface area contributed by atoms with Crippen molar-refractivity contribution in [2.45, 2.75) is 6.92 Å². The topological polar surface area (TPSA) is 95.7 Å². The van der Waals surface area contributed by atoms with Crippen molar-refractivity contribution in [1.29, 1.82) is 0 Å². The number of hydrogen-bond acceptors (Lipinski definition) is 6. The van der Waals surface area contributed by atoms with Crippen molar-refractivity contribution in [1.82, 2.24) is 0 Å². The number of rotatable bonds is 5. The molecule has 0 unspecified atom stereocenters. The van der Waals surface area contributed by atoms with Crippen molar-refractivity contribution >= 4 is 23.2 Å². The molecule has 3 aromatic rings. The number of esters is 1. The second-order valence-electron chi connectivity index (χ2n) is 6.95. The molecule has 3 aromatic carbocycles. The largest absolute Gasteiger partial charge is 0.490 e. The molecule has 4 rings (SSSR count). The van der Waals surface area contributed by atoms with Gasteiger partial charge < -0.3 is 15.2 Å². The highest BCUT2D eigenvalue weighted by molar-refractivity contribution is 6.30. The van der Waals surface area contributed by atoms with E-state index in [1.165, 1.54) is 12.1 Å². The van der Waals surface area contributed by atoms with Gasteiger partial charge in [-0.15, -0.1) is 0 Å². The number of anilines is 1. The Morgan fingerprint density at radius 1 is 0.867 bits per heavy atom. The van der Waals surface area contributed by atoms with Gasteiger partial charge in [-0.3, -0.25) is 9.59 Å². The summed E-state index contributed by atoms with van der Waals surface area (Å²) < 4.78 is 10.8. The van der Waals surface area contributed by atoms with Crippen LogP contribution in [0, 0.1) is 6.92 Å². The summed E-state index contributed by atoms with van der Waals surface area (Å²) in [7, 11) is 0. The Morgan fingerprint density at radius 3 is 2.33 bits per heavy atom. The Kier molecular flexibility index (Phi) is 5.06. The summed E-state index contributed by atoms with van der Waals surface area (Å²) in [6, 6.07) is 16.9. The second-order valence-corrected chi connectivity index (χ2v) is 6.95. The van der Waals surface area contributed by atoms with Crippen molar-refractivity contribution in [2.24, 2.45) is 0 Å². The van der Waals surface area contributed by atoms with Gasteiger partial charge in [-0.1, -0.05) is 36.4 Å². The van der Waals surface area contributed by atoms with Gasteiger partial charge in [0.2, 0.25) is 0 Å². The molecule has 1 aliphatic rings. The van der Waals surface area contributed by atoms with Gasteiger partial charge in [-0.05, 0) is 36.8 Å². The number of carbonyl (C=O) groups is 3. The number of fused-ring (bicyclic) bond motifs is 2. The first kappa shape index (κ1) is 19.4. The highest BCUT2D eigenvalue weighted by Gasteiger charge is 2.32. The number of benzene rings is 3. The van der Waals surface area contributed by atoms with Gasteiger partial charge in [0.05, 0.1) is 16.8 Å². The Hall–Kier alpha value is -3.93. The Balaban J connectivity index is 1.50. The summed E-state index contributed by atoms with van der Waals surface area (Å²) in [5, 5.41) is 0. The highest BCUT2D eigenvalue weighted by atomic mass is 16.6. The van der Waals surface area contributed by atoms with Crippen molar-refractivity contribution in [3.05, 3.63) is 94.0 Å². The predicted octanol–water partition coefficient (Wildman–Crippen LogP) is 3.59. The van der Waals surface area contributed by atoms with Crippen LogP contribution >= 0.6 is 0 Å². The zero-order chi connectivity index (χ0) is 21.3. The van der Waals surface area contributed by atoms with E-state index < -0.39 is 5.97 Å². The van der Waals surface area contributed by atoms with Crippen molar-refractivity contribution < 1.29 is 23.9 Å². The predicted molar refractivity (Wildman–Crippen MR) is 111 cm³/mol. The molecule has 0 bridgehead atoms. The average Bonchev–Trinajstić information content (AvgIpc) is 2.75. The van der Waals surface area contributed by atoms with Gasteiger partial charge in [-0.25, -0.2) is 4.79 Å². The number of ketones is 2. The molecular weight excluding hydrogens is 382 g/mol. The summed E-state index contributed by atoms with van der Waals surface area (Å²) in [6.45, 7) is 2.14. The van der Waals surface area contributed by atoms with Crippen LogP contribution in [0.3, 0.4) is 0 Å². The lowest BCUT2D eigenvalue weighted by Gasteiger charge is -2.20. The van der Waals surface area contributed by atoms with E-state index in [0.717, 1.165) is 5.56 Å². The van der Waals surface area contributed by atoms with Gasteiger partial charge in [0.25, 0.3) is 0 Å². The van der Waals surface area contributed by atoms with Crippen LogP contribution in [0.4, 0.5) is 5.69 Å². The third kappa shape index (κ3) is 3.43. The van der Waals surface area contributed by atoms with E-state index in [1.807, 2.05) is 31.2 Å². The first-order chi connectivity index (χ1) is 14.5. The molecule has 6 heteroatoms. The molecule has 0 radical (unpaired) electrons. The summed E-state index contributed by atoms with van der Waals surface area (Å²) in [6.07, 6.45) is 0. The van der Waals surface area contributed by atoms with Crippen LogP contribution in [0.5, 0.6) is 5.75 Å². The third-order valence-corrected chi connectivity index (χ3v) is 4.93. The molecule has 0 fully saturated rings. The van der Waals surface area contributed by atoms with Crippen LogP contribution in [0.1, 0.15) is 47.8 Å².